The van der Waals surface area contributed by atoms with Crippen LogP contribution in [0.5, 0.6) is 0 Å². The zero-order valence-corrected chi connectivity index (χ0v) is 11.0. The second-order valence-corrected chi connectivity index (χ2v) is 6.14. The predicted octanol–water partition coefficient (Wildman–Crippen LogP) is -0.289. The third-order valence-corrected chi connectivity index (χ3v) is 4.03. The summed E-state index contributed by atoms with van der Waals surface area (Å²) in [5, 5.41) is 5.88. The van der Waals surface area contributed by atoms with Crippen molar-refractivity contribution in [2.24, 2.45) is 0 Å². The molecule has 1 saturated heterocycles. The van der Waals surface area contributed by atoms with Gasteiger partial charge in [0.2, 0.25) is 5.91 Å². The number of halogens is 1. The predicted molar refractivity (Wildman–Crippen MR) is 65.6 cm³/mol. The number of amides is 1. The highest BCUT2D eigenvalue weighted by molar-refractivity contribution is 7.92. The lowest BCUT2D eigenvalue weighted by atomic mass is 10.1. The van der Waals surface area contributed by atoms with Gasteiger partial charge in [0.15, 0.2) is 9.84 Å². The molecular weight excluding hydrogens is 252 g/mol. The summed E-state index contributed by atoms with van der Waals surface area (Å²) >= 11 is 0. The van der Waals surface area contributed by atoms with E-state index in [9.17, 15) is 13.2 Å². The zero-order valence-electron chi connectivity index (χ0n) is 9.36. The molecular formula is C9H19ClN2O3S. The minimum Gasteiger partial charge on any atom is -0.351 e. The lowest BCUT2D eigenvalue weighted by molar-refractivity contribution is -0.119. The Morgan fingerprint density at radius 2 is 2.19 bits per heavy atom. The molecule has 0 bridgehead atoms. The molecule has 1 rings (SSSR count). The molecule has 16 heavy (non-hydrogen) atoms. The first-order valence-corrected chi connectivity index (χ1v) is 7.06. The number of rotatable bonds is 4. The average molecular weight is 271 g/mol. The van der Waals surface area contributed by atoms with Gasteiger partial charge in [-0.3, -0.25) is 4.79 Å². The van der Waals surface area contributed by atoms with Crippen LogP contribution >= 0.6 is 12.4 Å². The number of hydrogen-bond acceptors (Lipinski definition) is 4. The highest BCUT2D eigenvalue weighted by Crippen LogP contribution is 2.01. The molecule has 2 N–H and O–H groups in total. The van der Waals surface area contributed by atoms with E-state index in [0.29, 0.717) is 0 Å². The van der Waals surface area contributed by atoms with Crippen molar-refractivity contribution in [3.05, 3.63) is 0 Å². The third-order valence-electron chi connectivity index (χ3n) is 2.45. The smallest absolute Gasteiger partial charge is 0.235 e. The van der Waals surface area contributed by atoms with Crippen LogP contribution in [0.15, 0.2) is 0 Å². The number of carbonyl (C=O) groups excluding carboxylic acids is 1. The van der Waals surface area contributed by atoms with Crippen LogP contribution in [-0.4, -0.2) is 45.0 Å². The van der Waals surface area contributed by atoms with Crippen molar-refractivity contribution in [2.75, 3.05) is 24.6 Å². The van der Waals surface area contributed by atoms with Crippen molar-refractivity contribution in [2.45, 2.75) is 25.8 Å². The molecule has 5 nitrogen and oxygen atoms in total. The molecule has 1 heterocycles. The normalized spacial score (nSPS) is 20.9. The summed E-state index contributed by atoms with van der Waals surface area (Å²) in [7, 11) is -3.20. The van der Waals surface area contributed by atoms with E-state index < -0.39 is 9.84 Å². The quantitative estimate of drug-likeness (QED) is 0.736. The molecule has 0 aliphatic carbocycles. The molecule has 0 aromatic rings. The molecule has 0 spiro atoms. The first-order valence-electron chi connectivity index (χ1n) is 5.24. The SMILES string of the molecule is CCS(=O)(=O)CC(=O)N[C@@H]1CCCNC1.Cl. The summed E-state index contributed by atoms with van der Waals surface area (Å²) in [4.78, 5) is 11.4. The van der Waals surface area contributed by atoms with Gasteiger partial charge < -0.3 is 10.6 Å². The largest absolute Gasteiger partial charge is 0.351 e. The van der Waals surface area contributed by atoms with Gasteiger partial charge >= 0.3 is 0 Å². The highest BCUT2D eigenvalue weighted by atomic mass is 35.5. The van der Waals surface area contributed by atoms with Gasteiger partial charge in [0, 0.05) is 18.3 Å². The van der Waals surface area contributed by atoms with Crippen molar-refractivity contribution in [1.29, 1.82) is 0 Å². The molecule has 0 aromatic heterocycles. The van der Waals surface area contributed by atoms with E-state index in [1.54, 1.807) is 6.92 Å². The lowest BCUT2D eigenvalue weighted by Gasteiger charge is -2.23. The van der Waals surface area contributed by atoms with Crippen LogP contribution in [0.4, 0.5) is 0 Å². The minimum atomic E-state index is -3.20. The molecule has 0 saturated carbocycles. The van der Waals surface area contributed by atoms with E-state index in [-0.39, 0.29) is 35.9 Å². The topological polar surface area (TPSA) is 75.3 Å². The number of hydrogen-bond donors (Lipinski definition) is 2. The fraction of sp³-hybridized carbons (Fsp3) is 0.889. The van der Waals surface area contributed by atoms with Crippen molar-refractivity contribution in [1.82, 2.24) is 10.6 Å². The lowest BCUT2D eigenvalue weighted by Crippen LogP contribution is -2.47. The summed E-state index contributed by atoms with van der Waals surface area (Å²) in [5.74, 6) is -0.755. The van der Waals surface area contributed by atoms with Crippen LogP contribution in [0.2, 0.25) is 0 Å². The van der Waals surface area contributed by atoms with Gasteiger partial charge in [-0.15, -0.1) is 12.4 Å². The molecule has 1 aliphatic rings. The van der Waals surface area contributed by atoms with Crippen LogP contribution in [0.1, 0.15) is 19.8 Å². The van der Waals surface area contributed by atoms with Crippen molar-refractivity contribution in [3.63, 3.8) is 0 Å². The van der Waals surface area contributed by atoms with Gasteiger partial charge in [0.25, 0.3) is 0 Å². The highest BCUT2D eigenvalue weighted by Gasteiger charge is 2.19. The molecule has 1 atom stereocenters. The van der Waals surface area contributed by atoms with Crippen molar-refractivity contribution >= 4 is 28.2 Å². The first-order chi connectivity index (χ1) is 7.03. The van der Waals surface area contributed by atoms with E-state index >= 15 is 0 Å². The number of sulfone groups is 1. The van der Waals surface area contributed by atoms with Gasteiger partial charge in [-0.1, -0.05) is 6.92 Å². The van der Waals surface area contributed by atoms with Crippen LogP contribution in [-0.2, 0) is 14.6 Å². The maximum atomic E-state index is 11.4. The van der Waals surface area contributed by atoms with Gasteiger partial charge in [-0.25, -0.2) is 8.42 Å². The first kappa shape index (κ1) is 15.7. The molecule has 0 unspecified atom stereocenters. The molecule has 0 aromatic carbocycles. The molecule has 96 valence electrons. The van der Waals surface area contributed by atoms with Gasteiger partial charge in [-0.05, 0) is 19.4 Å². The van der Waals surface area contributed by atoms with Crippen LogP contribution in [0.25, 0.3) is 0 Å². The average Bonchev–Trinajstić information content (AvgIpc) is 2.18. The summed E-state index contributed by atoms with van der Waals surface area (Å²) in [6, 6.07) is 0.0818. The Hall–Kier alpha value is -0.330. The zero-order chi connectivity index (χ0) is 11.3. The Balaban J connectivity index is 0.00000225. The monoisotopic (exact) mass is 270 g/mol. The molecule has 1 aliphatic heterocycles. The van der Waals surface area contributed by atoms with E-state index in [4.69, 9.17) is 0 Å². The Kier molecular flexibility index (Phi) is 6.94. The van der Waals surface area contributed by atoms with E-state index in [1.807, 2.05) is 0 Å². The van der Waals surface area contributed by atoms with Gasteiger partial charge in [0.1, 0.15) is 5.75 Å². The van der Waals surface area contributed by atoms with Crippen molar-refractivity contribution in [3.8, 4) is 0 Å². The van der Waals surface area contributed by atoms with Gasteiger partial charge in [0.05, 0.1) is 0 Å². The minimum absolute atomic E-state index is 0. The number of piperidine rings is 1. The Morgan fingerprint density at radius 1 is 1.50 bits per heavy atom. The van der Waals surface area contributed by atoms with Crippen LogP contribution in [0.3, 0.4) is 0 Å². The second-order valence-electron chi connectivity index (χ2n) is 3.79. The summed E-state index contributed by atoms with van der Waals surface area (Å²) < 4.78 is 22.3. The third kappa shape index (κ3) is 5.67. The van der Waals surface area contributed by atoms with E-state index in [1.165, 1.54) is 0 Å². The van der Waals surface area contributed by atoms with Crippen LogP contribution < -0.4 is 10.6 Å². The fourth-order valence-electron chi connectivity index (χ4n) is 1.55. The van der Waals surface area contributed by atoms with E-state index in [2.05, 4.69) is 10.6 Å². The van der Waals surface area contributed by atoms with Crippen LogP contribution in [0, 0.1) is 0 Å². The molecule has 0 radical (unpaired) electrons. The Bertz CT molecular complexity index is 313. The summed E-state index contributed by atoms with van der Waals surface area (Å²) in [6.45, 7) is 3.25. The fourth-order valence-corrected chi connectivity index (χ4v) is 2.23. The Morgan fingerprint density at radius 3 is 2.69 bits per heavy atom. The standard InChI is InChI=1S/C9H18N2O3S.ClH/c1-2-15(13,14)7-9(12)11-8-4-3-5-10-6-8;/h8,10H,2-7H2,1H3,(H,11,12);1H/t8-;/m1./s1. The maximum absolute atomic E-state index is 11.4. The summed E-state index contributed by atoms with van der Waals surface area (Å²) in [5.41, 5.74) is 0. The maximum Gasteiger partial charge on any atom is 0.235 e. The Labute approximate surface area is 103 Å². The second kappa shape index (κ2) is 7.09. The molecule has 1 amide bonds. The summed E-state index contributed by atoms with van der Waals surface area (Å²) in [6.07, 6.45) is 1.94. The number of carbonyl (C=O) groups is 1. The van der Waals surface area contributed by atoms with E-state index in [0.717, 1.165) is 25.9 Å². The number of nitrogens with one attached hydrogen (secondary N) is 2. The van der Waals surface area contributed by atoms with Crippen molar-refractivity contribution < 1.29 is 13.2 Å². The molecule has 7 heteroatoms. The van der Waals surface area contributed by atoms with Gasteiger partial charge in [-0.2, -0.15) is 0 Å². The molecule has 1 fully saturated rings.